The number of β-amino-alcohol motifs (C(OH)–C–C–N with tert-alkyl or cyclic N) is 1. The molecule has 2 fully saturated rings. The number of rotatable bonds is 2. The fourth-order valence-electron chi connectivity index (χ4n) is 3.27. The Bertz CT molecular complexity index is 360. The lowest BCUT2D eigenvalue weighted by atomic mass is 9.85. The third-order valence-electron chi connectivity index (χ3n) is 4.24. The van der Waals surface area contributed by atoms with Crippen molar-refractivity contribution < 1.29 is 14.6 Å². The molecule has 2 aliphatic rings. The molecule has 2 saturated heterocycles. The maximum Gasteiger partial charge on any atom is 0.171 e. The van der Waals surface area contributed by atoms with E-state index >= 15 is 0 Å². The van der Waals surface area contributed by atoms with Crippen molar-refractivity contribution in [3.63, 3.8) is 0 Å². The molecule has 0 aromatic rings. The molecule has 2 unspecified atom stereocenters. The number of carbonyl (C=O) groups is 1. The summed E-state index contributed by atoms with van der Waals surface area (Å²) in [6, 6.07) is 0. The van der Waals surface area contributed by atoms with Crippen LogP contribution in [0.3, 0.4) is 0 Å². The quantitative estimate of drug-likeness (QED) is 0.806. The van der Waals surface area contributed by atoms with Crippen molar-refractivity contribution in [2.75, 3.05) is 19.6 Å². The first kappa shape index (κ1) is 14.0. The van der Waals surface area contributed by atoms with E-state index in [2.05, 4.69) is 4.90 Å². The summed E-state index contributed by atoms with van der Waals surface area (Å²) < 4.78 is 5.88. The Hall–Kier alpha value is -0.450. The second-order valence-corrected chi connectivity index (χ2v) is 7.11. The number of likely N-dealkylation sites (tertiary alicyclic amines) is 1. The molecule has 0 radical (unpaired) electrons. The molecule has 0 spiro atoms. The molecule has 2 rings (SSSR count). The van der Waals surface area contributed by atoms with Crippen LogP contribution in [0.5, 0.6) is 0 Å². The third-order valence-corrected chi connectivity index (χ3v) is 4.24. The van der Waals surface area contributed by atoms with Crippen LogP contribution in [0.25, 0.3) is 0 Å². The average Bonchev–Trinajstić information content (AvgIpc) is 2.57. The topological polar surface area (TPSA) is 49.8 Å². The molecule has 18 heavy (non-hydrogen) atoms. The summed E-state index contributed by atoms with van der Waals surface area (Å²) in [4.78, 5) is 14.6. The number of Topliss-reactive ketones (excluding diaryl/α,β-unsaturated/α-hetero) is 1. The van der Waals surface area contributed by atoms with E-state index in [0.717, 1.165) is 13.0 Å². The number of nitrogens with zero attached hydrogens (tertiary/aromatic N) is 1. The molecule has 2 atom stereocenters. The van der Waals surface area contributed by atoms with Crippen molar-refractivity contribution in [3.05, 3.63) is 0 Å². The van der Waals surface area contributed by atoms with Gasteiger partial charge in [-0.3, -0.25) is 9.69 Å². The summed E-state index contributed by atoms with van der Waals surface area (Å²) in [6.07, 6.45) is 0.776. The Kier molecular flexibility index (Phi) is 3.12. The summed E-state index contributed by atoms with van der Waals surface area (Å²) in [7, 11) is 0. The van der Waals surface area contributed by atoms with E-state index in [1.807, 2.05) is 34.6 Å². The largest absolute Gasteiger partial charge is 0.389 e. The van der Waals surface area contributed by atoms with E-state index in [4.69, 9.17) is 4.74 Å². The minimum absolute atomic E-state index is 0.110. The highest BCUT2D eigenvalue weighted by molar-refractivity contribution is 5.91. The average molecular weight is 255 g/mol. The SMILES string of the molecule is CC1(O)CCN(CC2C(=O)C(C)(C)OC2(C)C)C1. The monoisotopic (exact) mass is 255 g/mol. The third kappa shape index (κ3) is 2.46. The van der Waals surface area contributed by atoms with Gasteiger partial charge in [0.15, 0.2) is 5.78 Å². The molecule has 2 aliphatic heterocycles. The van der Waals surface area contributed by atoms with Gasteiger partial charge in [-0.2, -0.15) is 0 Å². The van der Waals surface area contributed by atoms with Gasteiger partial charge in [-0.15, -0.1) is 0 Å². The summed E-state index contributed by atoms with van der Waals surface area (Å²) in [5, 5.41) is 9.98. The van der Waals surface area contributed by atoms with Gasteiger partial charge >= 0.3 is 0 Å². The predicted octanol–water partition coefficient (Wildman–Crippen LogP) is 1.22. The van der Waals surface area contributed by atoms with Gasteiger partial charge in [-0.1, -0.05) is 0 Å². The first-order valence-corrected chi connectivity index (χ1v) is 6.73. The summed E-state index contributed by atoms with van der Waals surface area (Å²) in [5.74, 6) is 0.0699. The molecule has 4 heteroatoms. The van der Waals surface area contributed by atoms with Crippen LogP contribution in [0.15, 0.2) is 0 Å². The van der Waals surface area contributed by atoms with Crippen molar-refractivity contribution in [1.82, 2.24) is 4.90 Å². The van der Waals surface area contributed by atoms with E-state index in [-0.39, 0.29) is 11.7 Å². The lowest BCUT2D eigenvalue weighted by Gasteiger charge is -2.29. The van der Waals surface area contributed by atoms with Crippen LogP contribution >= 0.6 is 0 Å². The first-order chi connectivity index (χ1) is 8.04. The molecule has 0 bridgehead atoms. The standard InChI is InChI=1S/C14H25NO3/c1-12(2)10(11(16)13(3,4)18-12)8-15-7-6-14(5,17)9-15/h10,17H,6-9H2,1-5H3. The van der Waals surface area contributed by atoms with Gasteiger partial charge in [0.2, 0.25) is 0 Å². The van der Waals surface area contributed by atoms with Crippen LogP contribution in [-0.4, -0.2) is 52.2 Å². The first-order valence-electron chi connectivity index (χ1n) is 6.73. The fourth-order valence-corrected chi connectivity index (χ4v) is 3.27. The van der Waals surface area contributed by atoms with E-state index in [1.54, 1.807) is 0 Å². The minimum Gasteiger partial charge on any atom is -0.389 e. The van der Waals surface area contributed by atoms with Gasteiger partial charge in [0.1, 0.15) is 5.60 Å². The molecular formula is C14H25NO3. The second kappa shape index (κ2) is 4.02. The van der Waals surface area contributed by atoms with Crippen molar-refractivity contribution in [3.8, 4) is 0 Å². The van der Waals surface area contributed by atoms with Gasteiger partial charge in [-0.25, -0.2) is 0 Å². The number of ketones is 1. The summed E-state index contributed by atoms with van der Waals surface area (Å²) >= 11 is 0. The number of ether oxygens (including phenoxy) is 1. The number of hydrogen-bond donors (Lipinski definition) is 1. The summed E-state index contributed by atoms with van der Waals surface area (Å²) in [6.45, 7) is 11.7. The highest BCUT2D eigenvalue weighted by Crippen LogP contribution is 2.40. The molecule has 0 aromatic heterocycles. The van der Waals surface area contributed by atoms with Gasteiger partial charge in [0.25, 0.3) is 0 Å². The highest BCUT2D eigenvalue weighted by Gasteiger charge is 2.54. The van der Waals surface area contributed by atoms with Crippen LogP contribution < -0.4 is 0 Å². The van der Waals surface area contributed by atoms with Crippen LogP contribution in [0.2, 0.25) is 0 Å². The van der Waals surface area contributed by atoms with E-state index in [9.17, 15) is 9.90 Å². The van der Waals surface area contributed by atoms with Crippen molar-refractivity contribution in [2.24, 2.45) is 5.92 Å². The molecule has 0 amide bonds. The Balaban J connectivity index is 2.07. The zero-order valence-electron chi connectivity index (χ0n) is 12.1. The Morgan fingerprint density at radius 2 is 1.94 bits per heavy atom. The van der Waals surface area contributed by atoms with Crippen LogP contribution in [0.4, 0.5) is 0 Å². The highest BCUT2D eigenvalue weighted by atomic mass is 16.5. The molecule has 1 N–H and O–H groups in total. The number of aliphatic hydroxyl groups is 1. The number of hydrogen-bond acceptors (Lipinski definition) is 4. The predicted molar refractivity (Wildman–Crippen MR) is 69.4 cm³/mol. The minimum atomic E-state index is -0.684. The van der Waals surface area contributed by atoms with Gasteiger partial charge in [-0.05, 0) is 41.0 Å². The lowest BCUT2D eigenvalue weighted by molar-refractivity contribution is -0.132. The van der Waals surface area contributed by atoms with Crippen LogP contribution in [0, 0.1) is 5.92 Å². The Morgan fingerprint density at radius 3 is 2.33 bits per heavy atom. The maximum atomic E-state index is 12.4. The molecule has 0 aliphatic carbocycles. The Morgan fingerprint density at radius 1 is 1.33 bits per heavy atom. The van der Waals surface area contributed by atoms with Gasteiger partial charge < -0.3 is 9.84 Å². The summed E-state index contributed by atoms with van der Waals surface area (Å²) in [5.41, 5.74) is -1.71. The van der Waals surface area contributed by atoms with Crippen LogP contribution in [-0.2, 0) is 9.53 Å². The smallest absolute Gasteiger partial charge is 0.171 e. The maximum absolute atomic E-state index is 12.4. The Labute approximate surface area is 109 Å². The lowest BCUT2D eigenvalue weighted by Crippen LogP contribution is -2.41. The van der Waals surface area contributed by atoms with E-state index in [0.29, 0.717) is 13.1 Å². The molecule has 0 saturated carbocycles. The van der Waals surface area contributed by atoms with Crippen molar-refractivity contribution >= 4 is 5.78 Å². The van der Waals surface area contributed by atoms with Crippen molar-refractivity contribution in [1.29, 1.82) is 0 Å². The second-order valence-electron chi connectivity index (χ2n) is 7.11. The molecular weight excluding hydrogens is 230 g/mol. The zero-order chi connectivity index (χ0) is 13.8. The molecule has 2 heterocycles. The van der Waals surface area contributed by atoms with E-state index < -0.39 is 16.8 Å². The zero-order valence-corrected chi connectivity index (χ0v) is 12.1. The number of carbonyl (C=O) groups excluding carboxylic acids is 1. The molecule has 104 valence electrons. The van der Waals surface area contributed by atoms with Gasteiger partial charge in [0.05, 0.1) is 17.1 Å². The normalized spacial score (nSPS) is 39.4. The molecule has 4 nitrogen and oxygen atoms in total. The van der Waals surface area contributed by atoms with Crippen LogP contribution in [0.1, 0.15) is 41.0 Å². The van der Waals surface area contributed by atoms with E-state index in [1.165, 1.54) is 0 Å². The van der Waals surface area contributed by atoms with Gasteiger partial charge in [0, 0.05) is 19.6 Å². The molecule has 0 aromatic carbocycles. The fraction of sp³-hybridized carbons (Fsp3) is 0.929. The van der Waals surface area contributed by atoms with Crippen molar-refractivity contribution in [2.45, 2.75) is 57.8 Å².